The number of nitrogens with zero attached hydrogens (tertiary/aromatic N) is 3. The van der Waals surface area contributed by atoms with E-state index in [9.17, 15) is 29.5 Å². The van der Waals surface area contributed by atoms with E-state index in [-0.39, 0.29) is 52.5 Å². The van der Waals surface area contributed by atoms with Gasteiger partial charge < -0.3 is 25.3 Å². The lowest BCUT2D eigenvalue weighted by Crippen LogP contribution is -2.37. The molecule has 5 rings (SSSR count). The number of nitriles is 1. The van der Waals surface area contributed by atoms with E-state index in [1.54, 1.807) is 36.2 Å². The van der Waals surface area contributed by atoms with Crippen molar-refractivity contribution in [3.8, 4) is 34.2 Å². The number of carbonyl (C=O) groups excluding carboxylic acids is 2. The number of hydrogen-bond acceptors (Lipinski definition) is 8. The number of phenols is 1. The average Bonchev–Trinajstić information content (AvgIpc) is 3.58. The maximum atomic E-state index is 13.7. The minimum Gasteiger partial charge on any atom is -0.507 e. The first-order valence-corrected chi connectivity index (χ1v) is 12.3. The third-order valence-corrected chi connectivity index (χ3v) is 6.61. The van der Waals surface area contributed by atoms with Gasteiger partial charge in [-0.05, 0) is 61.5 Å². The van der Waals surface area contributed by atoms with Crippen LogP contribution in [0.5, 0.6) is 5.75 Å². The van der Waals surface area contributed by atoms with Crippen LogP contribution in [-0.2, 0) is 4.79 Å². The van der Waals surface area contributed by atoms with Gasteiger partial charge in [-0.3, -0.25) is 14.5 Å². The summed E-state index contributed by atoms with van der Waals surface area (Å²) in [5.41, 5.74) is 1.66. The van der Waals surface area contributed by atoms with Gasteiger partial charge in [-0.25, -0.2) is 9.37 Å². The summed E-state index contributed by atoms with van der Waals surface area (Å²) < 4.78 is 18.8. The van der Waals surface area contributed by atoms with Crippen molar-refractivity contribution in [2.45, 2.75) is 18.6 Å². The molecule has 2 atom stereocenters. The minimum atomic E-state index is -0.649. The van der Waals surface area contributed by atoms with Gasteiger partial charge in [-0.15, -0.1) is 12.4 Å². The van der Waals surface area contributed by atoms with Crippen LogP contribution in [-0.4, -0.2) is 57.6 Å². The standard InChI is InChI=1S/C29H24FN5O5.ClH/c1-35-15-19(36)12-24(35)28(38)32-18-5-2-4-16(10-18)21-13-23(20-8-7-17(30)11-25(20)37)33-27(22(21)14-31)34-29(39)26-6-3-9-40-26;/h2-11,13,19,24,36-37H,12,15H2,1H3,(H,32,38)(H,33,34,39);1H/t19?,24-;/m0./s1. The largest absolute Gasteiger partial charge is 0.507 e. The second kappa shape index (κ2) is 12.2. The number of benzene rings is 2. The molecule has 1 aliphatic rings. The Bertz CT molecular complexity index is 1640. The number of likely N-dealkylation sites (tertiary alicyclic amines) is 1. The number of phenolic OH excluding ortho intramolecular Hbond substituents is 1. The molecular weight excluding hydrogens is 553 g/mol. The molecule has 0 spiro atoms. The van der Waals surface area contributed by atoms with Crippen LogP contribution in [0.25, 0.3) is 22.4 Å². The zero-order chi connectivity index (χ0) is 28.4. The highest BCUT2D eigenvalue weighted by molar-refractivity contribution is 6.03. The Morgan fingerprint density at radius 2 is 1.93 bits per heavy atom. The van der Waals surface area contributed by atoms with E-state index in [4.69, 9.17) is 4.42 Å². The van der Waals surface area contributed by atoms with Crippen molar-refractivity contribution in [1.82, 2.24) is 9.88 Å². The Labute approximate surface area is 240 Å². The summed E-state index contributed by atoms with van der Waals surface area (Å²) in [6, 6.07) is 16.3. The zero-order valence-corrected chi connectivity index (χ0v) is 22.5. The number of likely N-dealkylation sites (N-methyl/N-ethyl adjacent to an activating group) is 1. The monoisotopic (exact) mass is 577 g/mol. The number of nitrogens with one attached hydrogen (secondary N) is 2. The molecule has 12 heteroatoms. The fourth-order valence-electron chi connectivity index (χ4n) is 4.68. The number of hydrogen-bond donors (Lipinski definition) is 4. The van der Waals surface area contributed by atoms with Gasteiger partial charge in [-0.2, -0.15) is 5.26 Å². The summed E-state index contributed by atoms with van der Waals surface area (Å²) in [6.07, 6.45) is 1.06. The quantitative estimate of drug-likeness (QED) is 0.263. The summed E-state index contributed by atoms with van der Waals surface area (Å²) in [6.45, 7) is 0.395. The molecule has 2 amide bonds. The molecule has 210 valence electrons. The molecule has 0 aliphatic carbocycles. The van der Waals surface area contributed by atoms with E-state index >= 15 is 0 Å². The number of β-amino-alcohol motifs (C(OH)–C–C–N with tert-alkyl or cyclic N) is 1. The van der Waals surface area contributed by atoms with Gasteiger partial charge >= 0.3 is 0 Å². The lowest BCUT2D eigenvalue weighted by molar-refractivity contribution is -0.120. The SMILES string of the molecule is CN1CC(O)C[C@H]1C(=O)Nc1cccc(-c2cc(-c3ccc(F)cc3O)nc(NC(=O)c3ccco3)c2C#N)c1.Cl. The molecule has 0 radical (unpaired) electrons. The predicted molar refractivity (Wildman–Crippen MR) is 151 cm³/mol. The highest BCUT2D eigenvalue weighted by Crippen LogP contribution is 2.36. The molecule has 2 aromatic carbocycles. The van der Waals surface area contributed by atoms with Crippen LogP contribution >= 0.6 is 12.4 Å². The molecule has 41 heavy (non-hydrogen) atoms. The number of rotatable bonds is 6. The molecule has 1 fully saturated rings. The number of aromatic nitrogens is 1. The van der Waals surface area contributed by atoms with Gasteiger partial charge in [0.15, 0.2) is 11.6 Å². The Kier molecular flexibility index (Phi) is 8.68. The lowest BCUT2D eigenvalue weighted by atomic mass is 9.97. The second-order valence-corrected chi connectivity index (χ2v) is 9.40. The maximum absolute atomic E-state index is 13.7. The minimum absolute atomic E-state index is 0. The van der Waals surface area contributed by atoms with E-state index in [2.05, 4.69) is 21.7 Å². The topological polar surface area (TPSA) is 152 Å². The summed E-state index contributed by atoms with van der Waals surface area (Å²) >= 11 is 0. The number of aliphatic hydroxyl groups excluding tert-OH is 1. The first-order chi connectivity index (χ1) is 19.2. The van der Waals surface area contributed by atoms with Gasteiger partial charge in [0.2, 0.25) is 5.91 Å². The fraction of sp³-hybridized carbons (Fsp3) is 0.172. The number of carbonyl (C=O) groups is 2. The molecule has 2 aromatic heterocycles. The first-order valence-electron chi connectivity index (χ1n) is 12.3. The van der Waals surface area contributed by atoms with Crippen molar-refractivity contribution in [1.29, 1.82) is 5.26 Å². The Hall–Kier alpha value is -4.76. The Balaban J connectivity index is 0.00000387. The van der Waals surface area contributed by atoms with Crippen molar-refractivity contribution in [3.63, 3.8) is 0 Å². The predicted octanol–water partition coefficient (Wildman–Crippen LogP) is 4.40. The summed E-state index contributed by atoms with van der Waals surface area (Å²) in [5, 5.41) is 35.9. The maximum Gasteiger partial charge on any atom is 0.292 e. The van der Waals surface area contributed by atoms with E-state index < -0.39 is 23.9 Å². The Morgan fingerprint density at radius 1 is 1.12 bits per heavy atom. The number of amides is 2. The normalized spacial score (nSPS) is 16.4. The van der Waals surface area contributed by atoms with Gasteiger partial charge in [0.05, 0.1) is 24.1 Å². The number of furan rings is 1. The molecule has 1 aliphatic heterocycles. The van der Waals surface area contributed by atoms with Crippen molar-refractivity contribution in [2.75, 3.05) is 24.2 Å². The molecular formula is C29H25ClFN5O5. The van der Waals surface area contributed by atoms with E-state index in [0.717, 1.165) is 12.1 Å². The number of anilines is 2. The molecule has 4 aromatic rings. The third-order valence-electron chi connectivity index (χ3n) is 6.61. The van der Waals surface area contributed by atoms with Gasteiger partial charge in [0.25, 0.3) is 5.91 Å². The smallest absolute Gasteiger partial charge is 0.292 e. The van der Waals surface area contributed by atoms with E-state index in [1.807, 2.05) is 0 Å². The number of aliphatic hydroxyl groups is 1. The van der Waals surface area contributed by atoms with Crippen LogP contribution in [0.15, 0.2) is 71.3 Å². The molecule has 4 N–H and O–H groups in total. The Morgan fingerprint density at radius 3 is 2.59 bits per heavy atom. The molecule has 10 nitrogen and oxygen atoms in total. The number of pyridine rings is 1. The van der Waals surface area contributed by atoms with Crippen LogP contribution in [0.3, 0.4) is 0 Å². The number of halogens is 2. The molecule has 1 saturated heterocycles. The molecule has 0 bridgehead atoms. The van der Waals surface area contributed by atoms with Gasteiger partial charge in [0, 0.05) is 29.4 Å². The highest BCUT2D eigenvalue weighted by atomic mass is 35.5. The number of aromatic hydroxyl groups is 1. The van der Waals surface area contributed by atoms with Crippen molar-refractivity contribution in [3.05, 3.63) is 84.1 Å². The summed E-state index contributed by atoms with van der Waals surface area (Å²) in [5.74, 6) is -2.06. The molecule has 1 unspecified atom stereocenters. The highest BCUT2D eigenvalue weighted by Gasteiger charge is 2.33. The van der Waals surface area contributed by atoms with E-state index in [0.29, 0.717) is 29.8 Å². The molecule has 0 saturated carbocycles. The molecule has 3 heterocycles. The van der Waals surface area contributed by atoms with Crippen LogP contribution in [0, 0.1) is 17.1 Å². The lowest BCUT2D eigenvalue weighted by Gasteiger charge is -2.19. The summed E-state index contributed by atoms with van der Waals surface area (Å²) in [4.78, 5) is 31.8. The van der Waals surface area contributed by atoms with Crippen LogP contribution in [0.4, 0.5) is 15.9 Å². The third kappa shape index (κ3) is 6.20. The van der Waals surface area contributed by atoms with Crippen LogP contribution < -0.4 is 10.6 Å². The van der Waals surface area contributed by atoms with Crippen molar-refractivity contribution < 1.29 is 28.6 Å². The van der Waals surface area contributed by atoms with E-state index in [1.165, 1.54) is 30.5 Å². The summed E-state index contributed by atoms with van der Waals surface area (Å²) in [7, 11) is 1.76. The second-order valence-electron chi connectivity index (χ2n) is 9.40. The first kappa shape index (κ1) is 29.2. The zero-order valence-electron chi connectivity index (χ0n) is 21.7. The van der Waals surface area contributed by atoms with Crippen molar-refractivity contribution >= 4 is 35.7 Å². The van der Waals surface area contributed by atoms with Crippen LogP contribution in [0.1, 0.15) is 22.5 Å². The van der Waals surface area contributed by atoms with Gasteiger partial charge in [0.1, 0.15) is 23.2 Å². The average molecular weight is 578 g/mol. The van der Waals surface area contributed by atoms with Crippen LogP contribution in [0.2, 0.25) is 0 Å². The van der Waals surface area contributed by atoms with Gasteiger partial charge in [-0.1, -0.05) is 12.1 Å². The van der Waals surface area contributed by atoms with Crippen molar-refractivity contribution in [2.24, 2.45) is 0 Å². The fourth-order valence-corrected chi connectivity index (χ4v) is 4.68.